The standard InChI is InChI=1S/C45H28N4O/c1-3-13-29(14-4-1)31-17-11-18-32(27-31)44-46-43(30-15-5-2-6-16-30)47-45(48-44)33-19-12-20-34(28-33)49-37-23-9-7-21-35(37)41-38(49)25-26-40-42(41)36-22-8-10-24-39(36)50-40/h1-28H. The van der Waals surface area contributed by atoms with E-state index in [9.17, 15) is 0 Å². The second-order valence-corrected chi connectivity index (χ2v) is 12.5. The van der Waals surface area contributed by atoms with E-state index in [4.69, 9.17) is 19.4 Å². The zero-order chi connectivity index (χ0) is 33.0. The van der Waals surface area contributed by atoms with Gasteiger partial charge in [0.05, 0.1) is 11.0 Å². The van der Waals surface area contributed by atoms with Crippen LogP contribution < -0.4 is 0 Å². The van der Waals surface area contributed by atoms with Gasteiger partial charge in [0.25, 0.3) is 0 Å². The Morgan fingerprint density at radius 1 is 0.360 bits per heavy atom. The van der Waals surface area contributed by atoms with Crippen LogP contribution in [0.25, 0.3) is 94.7 Å². The minimum absolute atomic E-state index is 0.616. The molecule has 3 aromatic heterocycles. The molecule has 5 heteroatoms. The molecule has 0 N–H and O–H groups in total. The highest BCUT2D eigenvalue weighted by atomic mass is 16.3. The average molecular weight is 641 g/mol. The topological polar surface area (TPSA) is 56.7 Å². The summed E-state index contributed by atoms with van der Waals surface area (Å²) in [5, 5.41) is 4.61. The Labute approximate surface area is 287 Å². The minimum Gasteiger partial charge on any atom is -0.456 e. The third-order valence-electron chi connectivity index (χ3n) is 9.43. The molecule has 10 rings (SSSR count). The Kier molecular flexibility index (Phi) is 6.42. The summed E-state index contributed by atoms with van der Waals surface area (Å²) in [5.41, 5.74) is 10.1. The molecular weight excluding hydrogens is 613 g/mol. The van der Waals surface area contributed by atoms with E-state index in [1.54, 1.807) is 0 Å². The number of benzene rings is 7. The Balaban J connectivity index is 1.17. The fourth-order valence-corrected chi connectivity index (χ4v) is 7.16. The van der Waals surface area contributed by atoms with E-state index < -0.39 is 0 Å². The number of fused-ring (bicyclic) bond motifs is 7. The van der Waals surface area contributed by atoms with Gasteiger partial charge in [-0.1, -0.05) is 127 Å². The van der Waals surface area contributed by atoms with Crippen LogP contribution in [0.2, 0.25) is 0 Å². The molecule has 0 bridgehead atoms. The molecule has 0 aliphatic heterocycles. The molecule has 0 atom stereocenters. The van der Waals surface area contributed by atoms with Crippen LogP contribution in [0.1, 0.15) is 0 Å². The Bertz CT molecular complexity index is 2870. The van der Waals surface area contributed by atoms with E-state index in [1.807, 2.05) is 48.5 Å². The molecule has 0 spiro atoms. The zero-order valence-electron chi connectivity index (χ0n) is 26.9. The molecule has 10 aromatic rings. The number of rotatable bonds is 5. The van der Waals surface area contributed by atoms with Crippen molar-refractivity contribution in [2.24, 2.45) is 0 Å². The van der Waals surface area contributed by atoms with E-state index in [2.05, 4.69) is 126 Å². The summed E-state index contributed by atoms with van der Waals surface area (Å²) >= 11 is 0. The summed E-state index contributed by atoms with van der Waals surface area (Å²) in [6, 6.07) is 58.5. The quantitative estimate of drug-likeness (QED) is 0.188. The highest BCUT2D eigenvalue weighted by molar-refractivity contribution is 6.27. The van der Waals surface area contributed by atoms with Crippen molar-refractivity contribution in [2.45, 2.75) is 0 Å². The third-order valence-corrected chi connectivity index (χ3v) is 9.43. The SMILES string of the molecule is c1ccc(-c2cccc(-c3nc(-c4ccccc4)nc(-c4cccc(-n5c6ccccc6c6c7c(ccc65)oc5ccccc57)c4)n3)c2)cc1. The lowest BCUT2D eigenvalue weighted by molar-refractivity contribution is 0.669. The van der Waals surface area contributed by atoms with Crippen LogP contribution in [-0.4, -0.2) is 19.5 Å². The van der Waals surface area contributed by atoms with Crippen LogP contribution in [0.15, 0.2) is 174 Å². The van der Waals surface area contributed by atoms with Gasteiger partial charge >= 0.3 is 0 Å². The van der Waals surface area contributed by atoms with E-state index in [-0.39, 0.29) is 0 Å². The maximum absolute atomic E-state index is 6.30. The molecule has 0 radical (unpaired) electrons. The molecule has 3 heterocycles. The number of hydrogen-bond donors (Lipinski definition) is 0. The van der Waals surface area contributed by atoms with E-state index in [1.165, 1.54) is 10.8 Å². The second-order valence-electron chi connectivity index (χ2n) is 12.5. The van der Waals surface area contributed by atoms with Crippen molar-refractivity contribution < 1.29 is 4.42 Å². The highest BCUT2D eigenvalue weighted by Crippen LogP contribution is 2.41. The first-order valence-corrected chi connectivity index (χ1v) is 16.7. The van der Waals surface area contributed by atoms with Crippen LogP contribution in [0.5, 0.6) is 0 Å². The maximum Gasteiger partial charge on any atom is 0.164 e. The van der Waals surface area contributed by atoms with E-state index in [0.29, 0.717) is 17.5 Å². The van der Waals surface area contributed by atoms with E-state index >= 15 is 0 Å². The fourth-order valence-electron chi connectivity index (χ4n) is 7.16. The lowest BCUT2D eigenvalue weighted by Gasteiger charge is -2.12. The second kappa shape index (κ2) is 11.4. The summed E-state index contributed by atoms with van der Waals surface area (Å²) in [6.07, 6.45) is 0. The Morgan fingerprint density at radius 2 is 0.940 bits per heavy atom. The lowest BCUT2D eigenvalue weighted by Crippen LogP contribution is -2.01. The van der Waals surface area contributed by atoms with Crippen LogP contribution in [0, 0.1) is 0 Å². The largest absolute Gasteiger partial charge is 0.456 e. The molecule has 234 valence electrons. The first kappa shape index (κ1) is 28.2. The van der Waals surface area contributed by atoms with Gasteiger partial charge in [-0.15, -0.1) is 0 Å². The minimum atomic E-state index is 0.616. The van der Waals surface area contributed by atoms with Crippen molar-refractivity contribution >= 4 is 43.7 Å². The van der Waals surface area contributed by atoms with Crippen molar-refractivity contribution in [3.8, 4) is 51.0 Å². The first-order chi connectivity index (χ1) is 24.8. The molecule has 0 aliphatic rings. The smallest absolute Gasteiger partial charge is 0.164 e. The van der Waals surface area contributed by atoms with Gasteiger partial charge in [0.2, 0.25) is 0 Å². The van der Waals surface area contributed by atoms with Crippen molar-refractivity contribution in [2.75, 3.05) is 0 Å². The predicted octanol–water partition coefficient (Wildman–Crippen LogP) is 11.5. The molecule has 0 aliphatic carbocycles. The van der Waals surface area contributed by atoms with Gasteiger partial charge in [-0.2, -0.15) is 0 Å². The lowest BCUT2D eigenvalue weighted by atomic mass is 10.0. The predicted molar refractivity (Wildman–Crippen MR) is 203 cm³/mol. The van der Waals surface area contributed by atoms with Gasteiger partial charge in [-0.25, -0.2) is 15.0 Å². The number of furan rings is 1. The van der Waals surface area contributed by atoms with Crippen LogP contribution >= 0.6 is 0 Å². The molecular formula is C45H28N4O. The van der Waals surface area contributed by atoms with Crippen LogP contribution in [-0.2, 0) is 0 Å². The fraction of sp³-hybridized carbons (Fsp3) is 0. The normalized spacial score (nSPS) is 11.6. The van der Waals surface area contributed by atoms with Gasteiger partial charge in [0.15, 0.2) is 17.5 Å². The molecule has 0 saturated carbocycles. The number of nitrogens with zero attached hydrogens (tertiary/aromatic N) is 4. The van der Waals surface area contributed by atoms with Gasteiger partial charge in [0.1, 0.15) is 11.2 Å². The summed E-state index contributed by atoms with van der Waals surface area (Å²) < 4.78 is 8.63. The van der Waals surface area contributed by atoms with Crippen molar-refractivity contribution in [3.63, 3.8) is 0 Å². The summed E-state index contributed by atoms with van der Waals surface area (Å²) in [5.74, 6) is 1.88. The molecule has 5 nitrogen and oxygen atoms in total. The highest BCUT2D eigenvalue weighted by Gasteiger charge is 2.19. The van der Waals surface area contributed by atoms with Crippen LogP contribution in [0.4, 0.5) is 0 Å². The first-order valence-electron chi connectivity index (χ1n) is 16.7. The summed E-state index contributed by atoms with van der Waals surface area (Å²) in [6.45, 7) is 0. The average Bonchev–Trinajstić information content (AvgIpc) is 3.74. The number of para-hydroxylation sites is 2. The van der Waals surface area contributed by atoms with Crippen molar-refractivity contribution in [3.05, 3.63) is 170 Å². The molecule has 50 heavy (non-hydrogen) atoms. The van der Waals surface area contributed by atoms with Gasteiger partial charge in [0, 0.05) is 43.9 Å². The van der Waals surface area contributed by atoms with Crippen molar-refractivity contribution in [1.29, 1.82) is 0 Å². The molecule has 0 amide bonds. The van der Waals surface area contributed by atoms with Crippen LogP contribution in [0.3, 0.4) is 0 Å². The summed E-state index contributed by atoms with van der Waals surface area (Å²) in [7, 11) is 0. The van der Waals surface area contributed by atoms with Gasteiger partial charge in [-0.3, -0.25) is 0 Å². The van der Waals surface area contributed by atoms with E-state index in [0.717, 1.165) is 66.5 Å². The molecule has 0 fully saturated rings. The molecule has 0 unspecified atom stereocenters. The maximum atomic E-state index is 6.30. The third kappa shape index (κ3) is 4.60. The monoisotopic (exact) mass is 640 g/mol. The van der Waals surface area contributed by atoms with Gasteiger partial charge in [-0.05, 0) is 53.6 Å². The van der Waals surface area contributed by atoms with Crippen molar-refractivity contribution in [1.82, 2.24) is 19.5 Å². The molecule has 7 aromatic carbocycles. The number of hydrogen-bond acceptors (Lipinski definition) is 4. The Morgan fingerprint density at radius 3 is 1.72 bits per heavy atom. The van der Waals surface area contributed by atoms with Gasteiger partial charge < -0.3 is 8.98 Å². The Hall–Kier alpha value is -6.85. The zero-order valence-corrected chi connectivity index (χ0v) is 26.9. The number of aromatic nitrogens is 4. The molecule has 0 saturated heterocycles. The summed E-state index contributed by atoms with van der Waals surface area (Å²) in [4.78, 5) is 15.2.